The van der Waals surface area contributed by atoms with E-state index in [2.05, 4.69) is 56.2 Å². The van der Waals surface area contributed by atoms with E-state index in [1.165, 1.54) is 32.1 Å². The zero-order chi connectivity index (χ0) is 29.7. The largest absolute Gasteiger partial charge is 0.438 e. The van der Waals surface area contributed by atoms with Gasteiger partial charge in [-0.25, -0.2) is 0 Å². The highest BCUT2D eigenvalue weighted by Gasteiger charge is 2.69. The number of ether oxygens (including phenoxy) is 1. The first-order valence-corrected chi connectivity index (χ1v) is 28.4. The molecule has 0 saturated heterocycles. The standard InChI is InChI=1S/C32H56O3Si4.C2H6O/c1-33-39(7,35-37(4)34-38(5,6)29-15-18-11-25(29)22-10-8-9-21(18)22)30-16-19-12-27(30)32-23(19)17-26-24-13-20(31(26)32)14-28(24)36(2)3;1-3-2/h8,10,18-32,36-37H,9,11-17H2,1-7H3;1-2H3. The molecule has 238 valence electrons. The fourth-order valence-corrected chi connectivity index (χ4v) is 29.4. The third-order valence-corrected chi connectivity index (χ3v) is 29.9. The molecule has 0 aromatic rings. The van der Waals surface area contributed by atoms with Crippen LogP contribution in [0.4, 0.5) is 0 Å². The van der Waals surface area contributed by atoms with Gasteiger partial charge in [0.05, 0.1) is 0 Å². The molecule has 7 saturated carbocycles. The van der Waals surface area contributed by atoms with Gasteiger partial charge in [0.2, 0.25) is 0 Å². The number of rotatable bonds is 8. The summed E-state index contributed by atoms with van der Waals surface area (Å²) < 4.78 is 25.2. The molecule has 8 aliphatic carbocycles. The van der Waals surface area contributed by atoms with Gasteiger partial charge in [-0.15, -0.1) is 0 Å². The van der Waals surface area contributed by atoms with Crippen molar-refractivity contribution in [1.82, 2.24) is 0 Å². The summed E-state index contributed by atoms with van der Waals surface area (Å²) >= 11 is 0. The van der Waals surface area contributed by atoms with Crippen molar-refractivity contribution in [1.29, 1.82) is 0 Å². The van der Waals surface area contributed by atoms with Crippen LogP contribution in [0.2, 0.25) is 55.9 Å². The third-order valence-electron chi connectivity index (χ3n) is 15.2. The molecule has 0 radical (unpaired) electrons. The van der Waals surface area contributed by atoms with Crippen LogP contribution >= 0.6 is 0 Å². The van der Waals surface area contributed by atoms with Gasteiger partial charge in [0.15, 0.2) is 8.32 Å². The maximum Gasteiger partial charge on any atom is 0.329 e. The Morgan fingerprint density at radius 1 is 0.643 bits per heavy atom. The van der Waals surface area contributed by atoms with E-state index in [9.17, 15) is 0 Å². The van der Waals surface area contributed by atoms with Crippen LogP contribution in [0.1, 0.15) is 51.4 Å². The van der Waals surface area contributed by atoms with Crippen molar-refractivity contribution in [2.24, 2.45) is 71.0 Å². The lowest BCUT2D eigenvalue weighted by atomic mass is 9.72. The normalized spacial score (nSPS) is 51.0. The van der Waals surface area contributed by atoms with Crippen LogP contribution in [0.25, 0.3) is 0 Å². The fraction of sp³-hybridized carbons (Fsp3) is 0.941. The molecule has 4 nitrogen and oxygen atoms in total. The lowest BCUT2D eigenvalue weighted by molar-refractivity contribution is 0.137. The molecule has 8 heteroatoms. The molecule has 8 rings (SSSR count). The summed E-state index contributed by atoms with van der Waals surface area (Å²) in [5.74, 6) is 12.0. The molecule has 0 aromatic carbocycles. The molecule has 0 spiro atoms. The predicted molar refractivity (Wildman–Crippen MR) is 182 cm³/mol. The highest BCUT2D eigenvalue weighted by atomic mass is 28.5. The Hall–Kier alpha value is 0.448. The molecule has 0 heterocycles. The second kappa shape index (κ2) is 11.3. The number of fused-ring (bicyclic) bond motifs is 16. The Bertz CT molecular complexity index is 1040. The molecular formula is C34H62O4Si4. The molecule has 17 unspecified atom stereocenters. The predicted octanol–water partition coefficient (Wildman–Crippen LogP) is 7.83. The molecule has 17 atom stereocenters. The molecule has 0 amide bonds. The summed E-state index contributed by atoms with van der Waals surface area (Å²) in [6.07, 6.45) is 17.0. The van der Waals surface area contributed by atoms with E-state index in [-0.39, 0.29) is 0 Å². The van der Waals surface area contributed by atoms with E-state index in [1.807, 2.05) is 7.11 Å². The van der Waals surface area contributed by atoms with Gasteiger partial charge in [0.25, 0.3) is 9.28 Å². The summed E-state index contributed by atoms with van der Waals surface area (Å²) in [6, 6.07) is 0. The lowest BCUT2D eigenvalue weighted by Gasteiger charge is -2.45. The van der Waals surface area contributed by atoms with Crippen LogP contribution in [0.15, 0.2) is 12.2 Å². The first kappa shape index (κ1) is 31.1. The van der Waals surface area contributed by atoms with Gasteiger partial charge in [0.1, 0.15) is 0 Å². The van der Waals surface area contributed by atoms with Crippen molar-refractivity contribution in [3.05, 3.63) is 12.2 Å². The summed E-state index contributed by atoms with van der Waals surface area (Å²) in [4.78, 5) is 0. The van der Waals surface area contributed by atoms with Crippen molar-refractivity contribution >= 4 is 35.0 Å². The maximum absolute atomic E-state index is 7.22. The quantitative estimate of drug-likeness (QED) is 0.199. The molecular weight excluding hydrogens is 585 g/mol. The Balaban J connectivity index is 0.000000923. The van der Waals surface area contributed by atoms with Crippen LogP contribution in [0.3, 0.4) is 0 Å². The molecule has 42 heavy (non-hydrogen) atoms. The summed E-state index contributed by atoms with van der Waals surface area (Å²) in [6.45, 7) is 15.2. The van der Waals surface area contributed by atoms with Crippen LogP contribution in [0.5, 0.6) is 0 Å². The average molecular weight is 647 g/mol. The zero-order valence-corrected chi connectivity index (χ0v) is 32.6. The van der Waals surface area contributed by atoms with E-state index in [0.29, 0.717) is 5.54 Å². The van der Waals surface area contributed by atoms with E-state index < -0.39 is 35.0 Å². The van der Waals surface area contributed by atoms with Crippen molar-refractivity contribution in [2.75, 3.05) is 21.3 Å². The smallest absolute Gasteiger partial charge is 0.329 e. The van der Waals surface area contributed by atoms with Crippen molar-refractivity contribution in [3.8, 4) is 0 Å². The minimum Gasteiger partial charge on any atom is -0.438 e. The minimum absolute atomic E-state index is 0.508. The fourth-order valence-electron chi connectivity index (χ4n) is 14.1. The Kier molecular flexibility index (Phi) is 8.36. The van der Waals surface area contributed by atoms with Crippen LogP contribution in [0, 0.1) is 71.0 Å². The van der Waals surface area contributed by atoms with Gasteiger partial charge in [-0.1, -0.05) is 25.2 Å². The van der Waals surface area contributed by atoms with E-state index in [1.54, 1.807) is 33.5 Å². The molecule has 7 fully saturated rings. The Labute approximate surface area is 263 Å². The van der Waals surface area contributed by atoms with Crippen LogP contribution < -0.4 is 0 Å². The van der Waals surface area contributed by atoms with Crippen LogP contribution in [-0.4, -0.2) is 56.3 Å². The Morgan fingerprint density at radius 2 is 1.31 bits per heavy atom. The SMILES string of the molecule is COC.CO[Si](C)(O[SiH](C)O[Si](C)(C)C1CC2CC1C1C=CCC21)C1CC2CC1C1C2CC2C3CC(CC3[SiH](C)C)C21. The average Bonchev–Trinajstić information content (AvgIpc) is 3.76. The molecule has 0 aromatic heterocycles. The van der Waals surface area contributed by atoms with Gasteiger partial charge in [-0.05, 0) is 160 Å². The monoisotopic (exact) mass is 646 g/mol. The van der Waals surface area contributed by atoms with Gasteiger partial charge in [-0.3, -0.25) is 0 Å². The van der Waals surface area contributed by atoms with Gasteiger partial charge in [0, 0.05) is 35.7 Å². The number of methoxy groups -OCH3 is 1. The van der Waals surface area contributed by atoms with Crippen molar-refractivity contribution in [2.45, 2.75) is 107 Å². The van der Waals surface area contributed by atoms with E-state index in [4.69, 9.17) is 12.7 Å². The molecule has 6 bridgehead atoms. The van der Waals surface area contributed by atoms with Gasteiger partial charge >= 0.3 is 8.56 Å². The topological polar surface area (TPSA) is 36.9 Å². The summed E-state index contributed by atoms with van der Waals surface area (Å²) in [7, 11) is -1.11. The highest BCUT2D eigenvalue weighted by Crippen LogP contribution is 2.75. The summed E-state index contributed by atoms with van der Waals surface area (Å²) in [5.41, 5.74) is 2.69. The second-order valence-electron chi connectivity index (χ2n) is 17.5. The first-order chi connectivity index (χ1) is 20.0. The third kappa shape index (κ3) is 4.72. The molecule has 0 N–H and O–H groups in total. The second-order valence-corrected chi connectivity index (χ2v) is 31.0. The molecule has 8 aliphatic rings. The van der Waals surface area contributed by atoms with E-state index >= 15 is 0 Å². The zero-order valence-electron chi connectivity index (χ0n) is 28.3. The number of hydrogen-bond donors (Lipinski definition) is 0. The van der Waals surface area contributed by atoms with Crippen molar-refractivity contribution in [3.63, 3.8) is 0 Å². The minimum atomic E-state index is -2.29. The molecule has 0 aliphatic heterocycles. The van der Waals surface area contributed by atoms with Crippen LogP contribution in [-0.2, 0) is 17.4 Å². The Morgan fingerprint density at radius 3 is 2.02 bits per heavy atom. The van der Waals surface area contributed by atoms with Gasteiger partial charge < -0.3 is 17.4 Å². The first-order valence-electron chi connectivity index (χ1n) is 18.0. The summed E-state index contributed by atoms with van der Waals surface area (Å²) in [5, 5.41) is 0. The van der Waals surface area contributed by atoms with Gasteiger partial charge in [-0.2, -0.15) is 0 Å². The number of allylic oxidation sites excluding steroid dienone is 2. The number of hydrogen-bond acceptors (Lipinski definition) is 4. The maximum atomic E-state index is 7.22. The van der Waals surface area contributed by atoms with E-state index in [0.717, 1.165) is 82.1 Å². The van der Waals surface area contributed by atoms with Crippen molar-refractivity contribution < 1.29 is 17.4 Å². The lowest BCUT2D eigenvalue weighted by Crippen LogP contribution is -2.53. The highest BCUT2D eigenvalue weighted by molar-refractivity contribution is 6.81.